The van der Waals surface area contributed by atoms with Crippen LogP contribution >= 0.6 is 0 Å². The molecular formula is C9H9NO2. The van der Waals surface area contributed by atoms with Crippen LogP contribution in [-0.4, -0.2) is 11.7 Å². The Bertz CT molecular complexity index is 353. The van der Waals surface area contributed by atoms with Gasteiger partial charge in [0.15, 0.2) is 0 Å². The first kappa shape index (κ1) is 7.03. The lowest BCUT2D eigenvalue weighted by Gasteiger charge is -1.93. The highest BCUT2D eigenvalue weighted by atomic mass is 16.2. The van der Waals surface area contributed by atoms with Crippen LogP contribution in [0.2, 0.25) is 0 Å². The number of amides is 1. The molecule has 0 saturated carbocycles. The highest BCUT2D eigenvalue weighted by Gasteiger charge is 2.30. The Labute approximate surface area is 70.9 Å². The van der Waals surface area contributed by atoms with Crippen LogP contribution < -0.4 is 5.32 Å². The van der Waals surface area contributed by atoms with Crippen molar-refractivity contribution in [3.63, 3.8) is 0 Å². The summed E-state index contributed by atoms with van der Waals surface area (Å²) in [5.74, 6) is -0.962. The lowest BCUT2D eigenvalue weighted by Crippen LogP contribution is -2.17. The van der Waals surface area contributed by atoms with E-state index in [1.165, 1.54) is 0 Å². The van der Waals surface area contributed by atoms with Gasteiger partial charge in [-0.15, -0.1) is 0 Å². The fraction of sp³-hybridized carbons (Fsp3) is 0.111. The molecule has 1 fully saturated rings. The summed E-state index contributed by atoms with van der Waals surface area (Å²) in [6, 6.07) is 0. The molecule has 2 rings (SSSR count). The molecule has 0 radical (unpaired) electrons. The van der Waals surface area contributed by atoms with Crippen molar-refractivity contribution < 1.29 is 11.0 Å². The van der Waals surface area contributed by atoms with Crippen LogP contribution in [0.25, 0.3) is 0 Å². The lowest BCUT2D eigenvalue weighted by atomic mass is 10.1. The predicted molar refractivity (Wildman–Crippen MR) is 45.2 cm³/mol. The zero-order valence-corrected chi connectivity index (χ0v) is 6.33. The fourth-order valence-electron chi connectivity index (χ4n) is 1.25. The number of Topliss-reactive ketones (excluding diaryl/α,β-unsaturated/α-hetero) is 1. The normalized spacial score (nSPS) is 21.0. The van der Waals surface area contributed by atoms with Crippen LogP contribution in [-0.2, 0) is 9.59 Å². The zero-order valence-electron chi connectivity index (χ0n) is 6.33. The van der Waals surface area contributed by atoms with E-state index < -0.39 is 11.7 Å². The van der Waals surface area contributed by atoms with Gasteiger partial charge in [-0.2, -0.15) is 0 Å². The van der Waals surface area contributed by atoms with Crippen LogP contribution in [0, 0.1) is 0 Å². The first-order valence-electron chi connectivity index (χ1n) is 3.72. The van der Waals surface area contributed by atoms with Crippen molar-refractivity contribution >= 4 is 11.7 Å². The molecule has 1 saturated heterocycles. The molecule has 0 aromatic heterocycles. The quantitative estimate of drug-likeness (QED) is 0.534. The third-order valence-electron chi connectivity index (χ3n) is 1.85. The van der Waals surface area contributed by atoms with E-state index in [0.29, 0.717) is 11.3 Å². The SMILES string of the molecule is O=C1NC2=CCC=CC=C2C1=O.[HH]. The molecule has 1 aliphatic carbocycles. The van der Waals surface area contributed by atoms with Crippen LogP contribution in [0.4, 0.5) is 0 Å². The Balaban J connectivity index is 0.000000845. The standard InChI is InChI=1S/C9H7NO2.H2/c11-8-6-4-2-1-3-5-7(6)10-9(8)12;/h1-2,4-5H,3H2,(H,10,12);1H. The average molecular weight is 163 g/mol. The second-order valence-corrected chi connectivity index (χ2v) is 2.65. The molecule has 62 valence electrons. The summed E-state index contributed by atoms with van der Waals surface area (Å²) in [7, 11) is 0. The lowest BCUT2D eigenvalue weighted by molar-refractivity contribution is -0.133. The van der Waals surface area contributed by atoms with Crippen molar-refractivity contribution in [3.05, 3.63) is 35.6 Å². The molecule has 1 N–H and O–H groups in total. The van der Waals surface area contributed by atoms with Gasteiger partial charge >= 0.3 is 0 Å². The molecule has 0 spiro atoms. The highest BCUT2D eigenvalue weighted by molar-refractivity contribution is 6.47. The van der Waals surface area contributed by atoms with Gasteiger partial charge in [-0.1, -0.05) is 18.2 Å². The Hall–Kier alpha value is -1.64. The van der Waals surface area contributed by atoms with E-state index in [2.05, 4.69) is 5.32 Å². The minimum absolute atomic E-state index is 0. The summed E-state index contributed by atoms with van der Waals surface area (Å²) in [5.41, 5.74) is 1.13. The molecule has 1 amide bonds. The van der Waals surface area contributed by atoms with E-state index >= 15 is 0 Å². The number of ketones is 1. The van der Waals surface area contributed by atoms with E-state index in [9.17, 15) is 9.59 Å². The molecule has 0 atom stereocenters. The van der Waals surface area contributed by atoms with Gasteiger partial charge in [0.1, 0.15) is 0 Å². The zero-order chi connectivity index (χ0) is 8.55. The highest BCUT2D eigenvalue weighted by Crippen LogP contribution is 2.18. The molecular weight excluding hydrogens is 154 g/mol. The third-order valence-corrected chi connectivity index (χ3v) is 1.85. The van der Waals surface area contributed by atoms with E-state index in [0.717, 1.165) is 6.42 Å². The molecule has 1 aliphatic heterocycles. The Morgan fingerprint density at radius 1 is 1.42 bits per heavy atom. The van der Waals surface area contributed by atoms with Crippen molar-refractivity contribution in [2.24, 2.45) is 0 Å². The fourth-order valence-corrected chi connectivity index (χ4v) is 1.25. The average Bonchev–Trinajstić information content (AvgIpc) is 2.30. The van der Waals surface area contributed by atoms with Gasteiger partial charge in [0.05, 0.1) is 5.57 Å². The minimum atomic E-state index is -0.525. The number of allylic oxidation sites excluding steroid dienone is 5. The monoisotopic (exact) mass is 163 g/mol. The summed E-state index contributed by atoms with van der Waals surface area (Å²) in [6.45, 7) is 0. The maximum absolute atomic E-state index is 11.1. The van der Waals surface area contributed by atoms with Gasteiger partial charge in [-0.3, -0.25) is 9.59 Å². The number of carbonyl (C=O) groups excluding carboxylic acids is 2. The summed E-state index contributed by atoms with van der Waals surface area (Å²) >= 11 is 0. The number of carbonyl (C=O) groups is 2. The number of hydrogen-bond acceptors (Lipinski definition) is 2. The van der Waals surface area contributed by atoms with Crippen LogP contribution in [0.1, 0.15) is 7.85 Å². The van der Waals surface area contributed by atoms with Gasteiger partial charge in [0, 0.05) is 7.12 Å². The molecule has 0 unspecified atom stereocenters. The van der Waals surface area contributed by atoms with Crippen molar-refractivity contribution in [1.29, 1.82) is 0 Å². The van der Waals surface area contributed by atoms with E-state index in [1.807, 2.05) is 12.2 Å². The Kier molecular flexibility index (Phi) is 1.43. The summed E-state index contributed by atoms with van der Waals surface area (Å²) in [6.07, 6.45) is 7.97. The van der Waals surface area contributed by atoms with Crippen LogP contribution in [0.5, 0.6) is 0 Å². The van der Waals surface area contributed by atoms with Crippen molar-refractivity contribution in [3.8, 4) is 0 Å². The van der Waals surface area contributed by atoms with Crippen LogP contribution in [0.15, 0.2) is 35.6 Å². The van der Waals surface area contributed by atoms with Gasteiger partial charge < -0.3 is 5.32 Å². The third kappa shape index (κ3) is 0.906. The van der Waals surface area contributed by atoms with Crippen molar-refractivity contribution in [2.45, 2.75) is 6.42 Å². The first-order chi connectivity index (χ1) is 5.79. The molecule has 12 heavy (non-hydrogen) atoms. The number of nitrogens with one attached hydrogen (secondary N) is 1. The smallest absolute Gasteiger partial charge is 0.296 e. The Morgan fingerprint density at radius 3 is 3.08 bits per heavy atom. The second kappa shape index (κ2) is 2.44. The molecule has 0 aromatic rings. The van der Waals surface area contributed by atoms with Crippen molar-refractivity contribution in [1.82, 2.24) is 5.32 Å². The topological polar surface area (TPSA) is 46.2 Å². The van der Waals surface area contributed by atoms with Gasteiger partial charge in [-0.25, -0.2) is 0 Å². The second-order valence-electron chi connectivity index (χ2n) is 2.65. The summed E-state index contributed by atoms with van der Waals surface area (Å²) in [4.78, 5) is 22.0. The largest absolute Gasteiger partial charge is 0.319 e. The van der Waals surface area contributed by atoms with Gasteiger partial charge in [0.25, 0.3) is 11.7 Å². The first-order valence-corrected chi connectivity index (χ1v) is 3.72. The summed E-state index contributed by atoms with van der Waals surface area (Å²) < 4.78 is 0. The van der Waals surface area contributed by atoms with E-state index in [4.69, 9.17) is 0 Å². The number of hydrogen-bond donors (Lipinski definition) is 1. The Morgan fingerprint density at radius 2 is 2.25 bits per heavy atom. The number of fused-ring (bicyclic) bond motifs is 1. The maximum Gasteiger partial charge on any atom is 0.296 e. The van der Waals surface area contributed by atoms with Gasteiger partial charge in [-0.05, 0) is 12.5 Å². The molecule has 2 aliphatic rings. The molecule has 1 heterocycles. The predicted octanol–water partition coefficient (Wildman–Crippen LogP) is 0.702. The molecule has 3 heteroatoms. The number of rotatable bonds is 0. The van der Waals surface area contributed by atoms with Gasteiger partial charge in [0.2, 0.25) is 0 Å². The summed E-state index contributed by atoms with van der Waals surface area (Å²) in [5, 5.41) is 2.51. The van der Waals surface area contributed by atoms with Crippen LogP contribution in [0.3, 0.4) is 0 Å². The van der Waals surface area contributed by atoms with E-state index in [-0.39, 0.29) is 1.43 Å². The maximum atomic E-state index is 11.1. The van der Waals surface area contributed by atoms with E-state index in [1.54, 1.807) is 12.2 Å². The molecule has 3 nitrogen and oxygen atoms in total. The molecule has 0 aromatic carbocycles. The minimum Gasteiger partial charge on any atom is -0.319 e. The molecule has 0 bridgehead atoms. The van der Waals surface area contributed by atoms with Crippen molar-refractivity contribution in [2.75, 3.05) is 0 Å².